The van der Waals surface area contributed by atoms with Gasteiger partial charge in [-0.05, 0) is 78.4 Å². The third kappa shape index (κ3) is 4.06. The van der Waals surface area contributed by atoms with Crippen molar-refractivity contribution < 1.29 is 13.2 Å². The molecule has 1 aliphatic heterocycles. The van der Waals surface area contributed by atoms with Crippen LogP contribution in [-0.2, 0) is 33.1 Å². The molecule has 2 aromatic rings. The number of rotatable bonds is 6. The summed E-state index contributed by atoms with van der Waals surface area (Å²) in [4.78, 5) is 13.0. The highest BCUT2D eigenvalue weighted by Crippen LogP contribution is 2.66. The Kier molecular flexibility index (Phi) is 6.07. The smallest absolute Gasteiger partial charge is 0.224 e. The molecule has 0 unspecified atom stereocenters. The molecule has 1 spiro atoms. The van der Waals surface area contributed by atoms with Crippen LogP contribution in [0.15, 0.2) is 54.6 Å². The van der Waals surface area contributed by atoms with E-state index in [2.05, 4.69) is 43.4 Å². The van der Waals surface area contributed by atoms with E-state index in [-0.39, 0.29) is 28.5 Å². The SMILES string of the molecule is CC1(C)[C@@H]2CC[C@@]1(CS(=O)(=O)N1CCC3(CCc4ccccc43)CC1)[C@H](NC(=O)Cc1ccccc1)C2. The minimum absolute atomic E-state index is 0.00358. The number of carbonyl (C=O) groups is 1. The molecular formula is C31H40N2O3S. The quantitative estimate of drug-likeness (QED) is 0.592. The van der Waals surface area contributed by atoms with Crippen LogP contribution in [0.2, 0.25) is 0 Å². The molecule has 3 aliphatic carbocycles. The number of hydrogen-bond donors (Lipinski definition) is 1. The van der Waals surface area contributed by atoms with Crippen LogP contribution < -0.4 is 5.32 Å². The first-order chi connectivity index (χ1) is 17.7. The van der Waals surface area contributed by atoms with Crippen molar-refractivity contribution in [1.29, 1.82) is 0 Å². The molecule has 3 fully saturated rings. The molecule has 2 bridgehead atoms. The highest BCUT2D eigenvalue weighted by atomic mass is 32.2. The second-order valence-electron chi connectivity index (χ2n) is 12.7. The van der Waals surface area contributed by atoms with Crippen LogP contribution in [0.3, 0.4) is 0 Å². The fourth-order valence-corrected chi connectivity index (χ4v) is 10.8. The third-order valence-electron chi connectivity index (χ3n) is 10.9. The van der Waals surface area contributed by atoms with Crippen LogP contribution in [0.25, 0.3) is 0 Å². The van der Waals surface area contributed by atoms with Gasteiger partial charge in [-0.3, -0.25) is 4.79 Å². The van der Waals surface area contributed by atoms with E-state index < -0.39 is 15.4 Å². The molecule has 6 heteroatoms. The fraction of sp³-hybridized carbons (Fsp3) is 0.581. The molecule has 1 heterocycles. The lowest BCUT2D eigenvalue weighted by Crippen LogP contribution is -2.55. The van der Waals surface area contributed by atoms with E-state index in [0.29, 0.717) is 25.4 Å². The van der Waals surface area contributed by atoms with Crippen molar-refractivity contribution in [2.75, 3.05) is 18.8 Å². The predicted octanol–water partition coefficient (Wildman–Crippen LogP) is 4.85. The van der Waals surface area contributed by atoms with Crippen LogP contribution in [0.5, 0.6) is 0 Å². The van der Waals surface area contributed by atoms with Crippen molar-refractivity contribution in [2.24, 2.45) is 16.7 Å². The number of nitrogens with zero attached hydrogens (tertiary/aromatic N) is 1. The van der Waals surface area contributed by atoms with Gasteiger partial charge in [-0.1, -0.05) is 68.4 Å². The largest absolute Gasteiger partial charge is 0.352 e. The maximum atomic E-state index is 14.0. The molecule has 5 nitrogen and oxygen atoms in total. The topological polar surface area (TPSA) is 66.5 Å². The second-order valence-corrected chi connectivity index (χ2v) is 14.7. The van der Waals surface area contributed by atoms with Crippen LogP contribution in [-0.4, -0.2) is 43.5 Å². The summed E-state index contributed by atoms with van der Waals surface area (Å²) in [7, 11) is -3.45. The zero-order chi connectivity index (χ0) is 25.9. The standard InChI is InChI=1S/C31H40N2O3S/c1-29(2)25-13-15-31(29,27(21-25)32-28(34)20-23-8-4-3-5-9-23)22-37(35,36)33-18-16-30(17-19-33)14-12-24-10-6-7-11-26(24)30/h3-11,25,27H,12-22H2,1-2H3,(H,32,34)/t25-,27-,31-/m1/s1. The van der Waals surface area contributed by atoms with Gasteiger partial charge in [0.15, 0.2) is 0 Å². The van der Waals surface area contributed by atoms with Crippen molar-refractivity contribution in [1.82, 2.24) is 9.62 Å². The summed E-state index contributed by atoms with van der Waals surface area (Å²) in [6.07, 6.45) is 7.17. The van der Waals surface area contributed by atoms with E-state index in [1.165, 1.54) is 11.1 Å². The highest BCUT2D eigenvalue weighted by Gasteiger charge is 2.66. The summed E-state index contributed by atoms with van der Waals surface area (Å²) in [5.74, 6) is 0.587. The number of benzene rings is 2. The highest BCUT2D eigenvalue weighted by molar-refractivity contribution is 7.89. The summed E-state index contributed by atoms with van der Waals surface area (Å²) < 4.78 is 29.8. The second kappa shape index (κ2) is 8.94. The average Bonchev–Trinajstić information content (AvgIpc) is 3.41. The third-order valence-corrected chi connectivity index (χ3v) is 13.0. The van der Waals surface area contributed by atoms with Gasteiger partial charge in [-0.15, -0.1) is 0 Å². The first-order valence-corrected chi connectivity index (χ1v) is 15.7. The molecule has 37 heavy (non-hydrogen) atoms. The molecule has 2 aromatic carbocycles. The van der Waals surface area contributed by atoms with Crippen LogP contribution in [0.4, 0.5) is 0 Å². The molecule has 1 amide bonds. The lowest BCUT2D eigenvalue weighted by molar-refractivity contribution is -0.122. The summed E-state index contributed by atoms with van der Waals surface area (Å²) >= 11 is 0. The van der Waals surface area contributed by atoms with Gasteiger partial charge in [0.1, 0.15) is 0 Å². The molecule has 198 valence electrons. The number of carbonyl (C=O) groups excluding carboxylic acids is 1. The molecule has 1 saturated heterocycles. The molecule has 2 saturated carbocycles. The Bertz CT molecular complexity index is 1280. The normalized spacial score (nSPS) is 29.9. The molecular weight excluding hydrogens is 480 g/mol. The molecule has 0 aromatic heterocycles. The Morgan fingerprint density at radius 1 is 0.973 bits per heavy atom. The van der Waals surface area contributed by atoms with Gasteiger partial charge >= 0.3 is 0 Å². The molecule has 3 atom stereocenters. The Labute approximate surface area is 222 Å². The maximum Gasteiger partial charge on any atom is 0.224 e. The van der Waals surface area contributed by atoms with Gasteiger partial charge in [-0.2, -0.15) is 0 Å². The van der Waals surface area contributed by atoms with Gasteiger partial charge in [0.05, 0.1) is 12.2 Å². The summed E-state index contributed by atoms with van der Waals surface area (Å²) in [6.45, 7) is 5.68. The van der Waals surface area contributed by atoms with Crippen molar-refractivity contribution in [3.63, 3.8) is 0 Å². The van der Waals surface area contributed by atoms with Crippen molar-refractivity contribution in [3.8, 4) is 0 Å². The fourth-order valence-electron chi connectivity index (χ4n) is 8.54. The Balaban J connectivity index is 1.18. The summed E-state index contributed by atoms with van der Waals surface area (Å²) in [5.41, 5.74) is 3.48. The lowest BCUT2D eigenvalue weighted by Gasteiger charge is -2.45. The zero-order valence-electron chi connectivity index (χ0n) is 22.2. The van der Waals surface area contributed by atoms with Crippen molar-refractivity contribution in [3.05, 3.63) is 71.3 Å². The zero-order valence-corrected chi connectivity index (χ0v) is 23.0. The maximum absolute atomic E-state index is 14.0. The Morgan fingerprint density at radius 3 is 2.41 bits per heavy atom. The minimum atomic E-state index is -3.45. The minimum Gasteiger partial charge on any atom is -0.352 e. The first kappa shape index (κ1) is 25.1. The van der Waals surface area contributed by atoms with Crippen LogP contribution in [0, 0.1) is 16.7 Å². The molecule has 6 rings (SSSR count). The number of aryl methyl sites for hydroxylation is 1. The number of sulfonamides is 1. The van der Waals surface area contributed by atoms with E-state index in [4.69, 9.17) is 0 Å². The molecule has 0 radical (unpaired) electrons. The van der Waals surface area contributed by atoms with E-state index in [9.17, 15) is 13.2 Å². The number of piperidine rings is 1. The van der Waals surface area contributed by atoms with E-state index in [0.717, 1.165) is 50.5 Å². The monoisotopic (exact) mass is 520 g/mol. The first-order valence-electron chi connectivity index (χ1n) is 14.0. The summed E-state index contributed by atoms with van der Waals surface area (Å²) in [5, 5.41) is 3.31. The Morgan fingerprint density at radius 2 is 1.68 bits per heavy atom. The van der Waals surface area contributed by atoms with Gasteiger partial charge < -0.3 is 5.32 Å². The number of fused-ring (bicyclic) bond motifs is 4. The van der Waals surface area contributed by atoms with Crippen LogP contribution >= 0.6 is 0 Å². The van der Waals surface area contributed by atoms with E-state index in [1.54, 1.807) is 4.31 Å². The van der Waals surface area contributed by atoms with Crippen molar-refractivity contribution in [2.45, 2.75) is 76.7 Å². The predicted molar refractivity (Wildman–Crippen MR) is 147 cm³/mol. The molecule has 1 N–H and O–H groups in total. The van der Waals surface area contributed by atoms with Crippen molar-refractivity contribution >= 4 is 15.9 Å². The lowest BCUT2D eigenvalue weighted by atomic mass is 9.69. The summed E-state index contributed by atoms with van der Waals surface area (Å²) in [6, 6.07) is 18.4. The molecule has 4 aliphatic rings. The number of hydrogen-bond acceptors (Lipinski definition) is 3. The number of nitrogens with one attached hydrogen (secondary N) is 1. The van der Waals surface area contributed by atoms with E-state index >= 15 is 0 Å². The van der Waals surface area contributed by atoms with Gasteiger partial charge in [0, 0.05) is 24.5 Å². The van der Waals surface area contributed by atoms with Gasteiger partial charge in [-0.25, -0.2) is 12.7 Å². The van der Waals surface area contributed by atoms with Gasteiger partial charge in [0.2, 0.25) is 15.9 Å². The number of amides is 1. The van der Waals surface area contributed by atoms with E-state index in [1.807, 2.05) is 30.3 Å². The Hall–Kier alpha value is -2.18. The van der Waals surface area contributed by atoms with Gasteiger partial charge in [0.25, 0.3) is 0 Å². The van der Waals surface area contributed by atoms with Crippen LogP contribution in [0.1, 0.15) is 69.1 Å². The average molecular weight is 521 g/mol.